The predicted octanol–water partition coefficient (Wildman–Crippen LogP) is 3.62. The summed E-state index contributed by atoms with van der Waals surface area (Å²) in [6.45, 7) is 14.3. The highest BCUT2D eigenvalue weighted by atomic mass is 16.2. The van der Waals surface area contributed by atoms with Crippen molar-refractivity contribution in [1.82, 2.24) is 9.80 Å². The molecule has 0 saturated carbocycles. The second-order valence-electron chi connectivity index (χ2n) is 7.62. The van der Waals surface area contributed by atoms with Crippen molar-refractivity contribution in [3.63, 3.8) is 0 Å². The molecule has 158 valence electrons. The first-order valence-electron chi connectivity index (χ1n) is 10.5. The fraction of sp³-hybridized carbons (Fsp3) is 0.320. The highest BCUT2D eigenvalue weighted by Gasteiger charge is 2.17. The molecular weight excluding hydrogens is 372 g/mol. The van der Waals surface area contributed by atoms with E-state index in [9.17, 15) is 4.79 Å². The Bertz CT molecular complexity index is 801. The fourth-order valence-electron chi connectivity index (χ4n) is 3.73. The molecule has 1 N–H and O–H groups in total. The molecular formula is C25H32N4O. The number of carbonyl (C=O) groups excluding carboxylic acids is 1. The highest BCUT2D eigenvalue weighted by Crippen LogP contribution is 2.20. The van der Waals surface area contributed by atoms with Crippen LogP contribution >= 0.6 is 0 Å². The van der Waals surface area contributed by atoms with Crippen LogP contribution in [-0.2, 0) is 11.3 Å². The van der Waals surface area contributed by atoms with E-state index in [1.807, 2.05) is 17.0 Å². The number of piperazine rings is 1. The van der Waals surface area contributed by atoms with Crippen LogP contribution in [0.1, 0.15) is 5.56 Å². The van der Waals surface area contributed by atoms with E-state index in [0.29, 0.717) is 19.6 Å². The lowest BCUT2D eigenvalue weighted by atomic mass is 10.2. The quantitative estimate of drug-likeness (QED) is 0.614. The SMILES string of the molecule is C=CCN(CC=C)CC(=O)Nc1ccc(N2CCN(Cc3ccccc3)CC2)cc1. The Morgan fingerprint density at radius 3 is 2.17 bits per heavy atom. The molecule has 3 rings (SSSR count). The number of hydrogen-bond acceptors (Lipinski definition) is 4. The van der Waals surface area contributed by atoms with Crippen LogP contribution in [0.4, 0.5) is 11.4 Å². The smallest absolute Gasteiger partial charge is 0.238 e. The number of benzene rings is 2. The van der Waals surface area contributed by atoms with Gasteiger partial charge in [0.1, 0.15) is 0 Å². The van der Waals surface area contributed by atoms with Crippen LogP contribution in [0.5, 0.6) is 0 Å². The van der Waals surface area contributed by atoms with E-state index in [2.05, 4.69) is 70.7 Å². The van der Waals surface area contributed by atoms with Gasteiger partial charge in [0, 0.05) is 57.2 Å². The van der Waals surface area contributed by atoms with Crippen molar-refractivity contribution in [1.29, 1.82) is 0 Å². The van der Waals surface area contributed by atoms with Gasteiger partial charge in [-0.15, -0.1) is 13.2 Å². The second kappa shape index (κ2) is 11.3. The zero-order chi connectivity index (χ0) is 21.2. The van der Waals surface area contributed by atoms with Crippen molar-refractivity contribution in [3.05, 3.63) is 85.5 Å². The number of anilines is 2. The number of nitrogens with one attached hydrogen (secondary N) is 1. The summed E-state index contributed by atoms with van der Waals surface area (Å²) in [5.41, 5.74) is 3.39. The summed E-state index contributed by atoms with van der Waals surface area (Å²) in [5, 5.41) is 2.98. The van der Waals surface area contributed by atoms with E-state index < -0.39 is 0 Å². The maximum Gasteiger partial charge on any atom is 0.238 e. The minimum atomic E-state index is -0.0269. The van der Waals surface area contributed by atoms with Crippen LogP contribution in [0.2, 0.25) is 0 Å². The van der Waals surface area contributed by atoms with Gasteiger partial charge >= 0.3 is 0 Å². The standard InChI is InChI=1S/C25H32N4O/c1-3-14-27(15-4-2)21-25(30)26-23-10-12-24(13-11-23)29-18-16-28(17-19-29)20-22-8-6-5-7-9-22/h3-13H,1-2,14-21H2,(H,26,30). The van der Waals surface area contributed by atoms with Gasteiger partial charge in [-0.2, -0.15) is 0 Å². The van der Waals surface area contributed by atoms with Crippen molar-refractivity contribution < 1.29 is 4.79 Å². The normalized spacial score (nSPS) is 14.5. The van der Waals surface area contributed by atoms with Crippen molar-refractivity contribution in [2.45, 2.75) is 6.54 Å². The Morgan fingerprint density at radius 2 is 1.57 bits per heavy atom. The molecule has 0 bridgehead atoms. The average Bonchev–Trinajstić information content (AvgIpc) is 2.76. The first-order valence-corrected chi connectivity index (χ1v) is 10.5. The molecule has 0 atom stereocenters. The second-order valence-corrected chi connectivity index (χ2v) is 7.62. The van der Waals surface area contributed by atoms with E-state index in [1.165, 1.54) is 11.3 Å². The predicted molar refractivity (Wildman–Crippen MR) is 126 cm³/mol. The van der Waals surface area contributed by atoms with E-state index in [-0.39, 0.29) is 5.91 Å². The first kappa shape index (κ1) is 21.8. The summed E-state index contributed by atoms with van der Waals surface area (Å²) >= 11 is 0. The number of hydrogen-bond donors (Lipinski definition) is 1. The van der Waals surface area contributed by atoms with Gasteiger partial charge in [-0.3, -0.25) is 14.6 Å². The Kier molecular flexibility index (Phi) is 8.24. The third-order valence-corrected chi connectivity index (χ3v) is 5.28. The summed E-state index contributed by atoms with van der Waals surface area (Å²) in [6, 6.07) is 18.8. The molecule has 5 heteroatoms. The molecule has 1 aliphatic rings. The molecule has 2 aromatic carbocycles. The minimum absolute atomic E-state index is 0.0269. The summed E-state index contributed by atoms with van der Waals surface area (Å²) in [6.07, 6.45) is 3.59. The van der Waals surface area contributed by atoms with Crippen molar-refractivity contribution >= 4 is 17.3 Å². The van der Waals surface area contributed by atoms with Gasteiger partial charge in [-0.1, -0.05) is 42.5 Å². The van der Waals surface area contributed by atoms with Crippen LogP contribution in [0.3, 0.4) is 0 Å². The van der Waals surface area contributed by atoms with Gasteiger partial charge < -0.3 is 10.2 Å². The number of nitrogens with zero attached hydrogens (tertiary/aromatic N) is 3. The van der Waals surface area contributed by atoms with Gasteiger partial charge in [0.25, 0.3) is 0 Å². The largest absolute Gasteiger partial charge is 0.369 e. The first-order chi connectivity index (χ1) is 14.7. The van der Waals surface area contributed by atoms with Crippen molar-refractivity contribution in [2.24, 2.45) is 0 Å². The summed E-state index contributed by atoms with van der Waals surface area (Å²) in [4.78, 5) is 19.2. The summed E-state index contributed by atoms with van der Waals surface area (Å²) < 4.78 is 0. The van der Waals surface area contributed by atoms with Gasteiger partial charge in [0.2, 0.25) is 5.91 Å². The highest BCUT2D eigenvalue weighted by molar-refractivity contribution is 5.92. The lowest BCUT2D eigenvalue weighted by Gasteiger charge is -2.36. The van der Waals surface area contributed by atoms with Crippen LogP contribution in [-0.4, -0.2) is 61.5 Å². The Morgan fingerprint density at radius 1 is 0.933 bits per heavy atom. The molecule has 1 amide bonds. The zero-order valence-corrected chi connectivity index (χ0v) is 17.7. The minimum Gasteiger partial charge on any atom is -0.369 e. The van der Waals surface area contributed by atoms with E-state index in [1.54, 1.807) is 12.2 Å². The molecule has 30 heavy (non-hydrogen) atoms. The van der Waals surface area contributed by atoms with Crippen LogP contribution in [0, 0.1) is 0 Å². The Balaban J connectivity index is 1.47. The maximum absolute atomic E-state index is 12.3. The number of amides is 1. The van der Waals surface area contributed by atoms with Crippen LogP contribution in [0.25, 0.3) is 0 Å². The van der Waals surface area contributed by atoms with Gasteiger partial charge in [-0.25, -0.2) is 0 Å². The van der Waals surface area contributed by atoms with E-state index in [4.69, 9.17) is 0 Å². The van der Waals surface area contributed by atoms with E-state index >= 15 is 0 Å². The number of rotatable bonds is 10. The van der Waals surface area contributed by atoms with Gasteiger partial charge in [-0.05, 0) is 29.8 Å². The van der Waals surface area contributed by atoms with Crippen molar-refractivity contribution in [2.75, 3.05) is 56.0 Å². The molecule has 0 radical (unpaired) electrons. The zero-order valence-electron chi connectivity index (χ0n) is 17.7. The maximum atomic E-state index is 12.3. The lowest BCUT2D eigenvalue weighted by molar-refractivity contribution is -0.117. The molecule has 1 saturated heterocycles. The van der Waals surface area contributed by atoms with Crippen molar-refractivity contribution in [3.8, 4) is 0 Å². The molecule has 0 aromatic heterocycles. The Hall–Kier alpha value is -2.89. The third kappa shape index (κ3) is 6.58. The number of carbonyl (C=O) groups is 1. The monoisotopic (exact) mass is 404 g/mol. The van der Waals surface area contributed by atoms with Crippen LogP contribution < -0.4 is 10.2 Å². The molecule has 1 aliphatic heterocycles. The van der Waals surface area contributed by atoms with Gasteiger partial charge in [0.15, 0.2) is 0 Å². The topological polar surface area (TPSA) is 38.8 Å². The summed E-state index contributed by atoms with van der Waals surface area (Å²) in [7, 11) is 0. The molecule has 5 nitrogen and oxygen atoms in total. The fourth-order valence-corrected chi connectivity index (χ4v) is 3.73. The molecule has 1 heterocycles. The van der Waals surface area contributed by atoms with Crippen LogP contribution in [0.15, 0.2) is 79.9 Å². The van der Waals surface area contributed by atoms with Gasteiger partial charge in [0.05, 0.1) is 6.54 Å². The molecule has 0 aliphatic carbocycles. The lowest BCUT2D eigenvalue weighted by Crippen LogP contribution is -2.45. The average molecular weight is 405 g/mol. The molecule has 0 unspecified atom stereocenters. The molecule has 0 spiro atoms. The third-order valence-electron chi connectivity index (χ3n) is 5.28. The molecule has 2 aromatic rings. The summed E-state index contributed by atoms with van der Waals surface area (Å²) in [5.74, 6) is -0.0269. The molecule has 1 fully saturated rings. The van der Waals surface area contributed by atoms with E-state index in [0.717, 1.165) is 38.4 Å². The Labute approximate surface area is 180 Å².